The van der Waals surface area contributed by atoms with Gasteiger partial charge < -0.3 is 26.0 Å². The second kappa shape index (κ2) is 6.53. The quantitative estimate of drug-likeness (QED) is 0.486. The third-order valence-electron chi connectivity index (χ3n) is 6.60. The lowest BCUT2D eigenvalue weighted by Crippen LogP contribution is -3.00. The van der Waals surface area contributed by atoms with E-state index in [1.165, 1.54) is 27.9 Å². The van der Waals surface area contributed by atoms with E-state index < -0.39 is 0 Å². The summed E-state index contributed by atoms with van der Waals surface area (Å²) >= 11 is 0. The van der Waals surface area contributed by atoms with Crippen molar-refractivity contribution in [2.75, 3.05) is 7.11 Å². The molecule has 0 spiro atoms. The largest absolute Gasteiger partial charge is 1.00 e. The Kier molecular flexibility index (Phi) is 4.07. The summed E-state index contributed by atoms with van der Waals surface area (Å²) in [5, 5.41) is 0. The van der Waals surface area contributed by atoms with Crippen molar-refractivity contribution in [3.63, 3.8) is 0 Å². The summed E-state index contributed by atoms with van der Waals surface area (Å²) in [7, 11) is 1.76. The van der Waals surface area contributed by atoms with E-state index in [0.717, 1.165) is 12.2 Å². The fourth-order valence-electron chi connectivity index (χ4n) is 5.54. The molecule has 5 heteroatoms. The average molecular weight is 406 g/mol. The lowest BCUT2D eigenvalue weighted by Gasteiger charge is -2.48. The highest BCUT2D eigenvalue weighted by Gasteiger charge is 2.60. The van der Waals surface area contributed by atoms with Gasteiger partial charge in [-0.3, -0.25) is 0 Å². The maximum atomic E-state index is 5.85. The van der Waals surface area contributed by atoms with Gasteiger partial charge in [0.1, 0.15) is 5.75 Å². The van der Waals surface area contributed by atoms with Crippen molar-refractivity contribution in [3.8, 4) is 5.75 Å². The van der Waals surface area contributed by atoms with Crippen molar-refractivity contribution in [3.05, 3.63) is 108 Å². The number of nitrogens with zero attached hydrogens (tertiary/aromatic N) is 1. The molecule has 146 valence electrons. The van der Waals surface area contributed by atoms with Crippen molar-refractivity contribution in [1.29, 1.82) is 0 Å². The summed E-state index contributed by atoms with van der Waals surface area (Å²) < 4.78 is 19.4. The molecular formula is C24H20ClNO3. The zero-order valence-corrected chi connectivity index (χ0v) is 16.7. The van der Waals surface area contributed by atoms with Crippen LogP contribution in [0.15, 0.2) is 88.6 Å². The molecule has 1 aromatic carbocycles. The molecule has 0 radical (unpaired) electrons. The molecule has 0 unspecified atom stereocenters. The smallest absolute Gasteiger partial charge is 0.190 e. The topological polar surface area (TPSA) is 39.4 Å². The number of aromatic nitrogens is 1. The van der Waals surface area contributed by atoms with Gasteiger partial charge in [-0.2, -0.15) is 4.57 Å². The van der Waals surface area contributed by atoms with Gasteiger partial charge in [-0.15, -0.1) is 0 Å². The molecule has 4 nitrogen and oxygen atoms in total. The number of benzene rings is 1. The van der Waals surface area contributed by atoms with Crippen molar-refractivity contribution >= 4 is 0 Å². The Labute approximate surface area is 175 Å². The molecule has 0 amide bonds. The highest BCUT2D eigenvalue weighted by atomic mass is 35.5. The van der Waals surface area contributed by atoms with Gasteiger partial charge in [0.2, 0.25) is 0 Å². The number of hydrogen-bond acceptors (Lipinski definition) is 3. The fourth-order valence-corrected chi connectivity index (χ4v) is 5.54. The first-order chi connectivity index (χ1) is 13.8. The van der Waals surface area contributed by atoms with Crippen LogP contribution in [-0.4, -0.2) is 7.11 Å². The standard InChI is InChI=1S/C24H20NO3.ClH/c1-26-21-7-4-5-18-20-13-24(16-8-11-27-14-16,17-9-12-28-15-17)23(22(18)21)19-6-2-3-10-25(19)20;/h2-12,14-15,20,23H,13H2,1H3;1H/q+1;/p-1/t20-,23-;/m1./s1. The first kappa shape index (κ1) is 18.1. The molecule has 2 atom stereocenters. The van der Waals surface area contributed by atoms with E-state index in [1.807, 2.05) is 12.5 Å². The van der Waals surface area contributed by atoms with E-state index in [9.17, 15) is 0 Å². The first-order valence-corrected chi connectivity index (χ1v) is 9.57. The Bertz CT molecular complexity index is 1120. The molecule has 0 saturated heterocycles. The first-order valence-electron chi connectivity index (χ1n) is 9.57. The number of pyridine rings is 1. The molecule has 0 fully saturated rings. The van der Waals surface area contributed by atoms with Crippen molar-refractivity contribution in [2.45, 2.75) is 23.8 Å². The van der Waals surface area contributed by atoms with Crippen LogP contribution in [0.1, 0.15) is 46.3 Å². The third kappa shape index (κ3) is 2.24. The van der Waals surface area contributed by atoms with Crippen LogP contribution in [0.25, 0.3) is 0 Å². The summed E-state index contributed by atoms with van der Waals surface area (Å²) in [6.45, 7) is 0. The second-order valence-corrected chi connectivity index (χ2v) is 7.64. The monoisotopic (exact) mass is 405 g/mol. The van der Waals surface area contributed by atoms with E-state index >= 15 is 0 Å². The van der Waals surface area contributed by atoms with Gasteiger partial charge in [0.25, 0.3) is 0 Å². The highest BCUT2D eigenvalue weighted by Crippen LogP contribution is 2.61. The van der Waals surface area contributed by atoms with E-state index in [1.54, 1.807) is 19.6 Å². The minimum absolute atomic E-state index is 0. The van der Waals surface area contributed by atoms with Gasteiger partial charge >= 0.3 is 0 Å². The molecular weight excluding hydrogens is 386 g/mol. The number of fused-ring (bicyclic) bond motifs is 1. The molecule has 7 rings (SSSR count). The predicted molar refractivity (Wildman–Crippen MR) is 102 cm³/mol. The molecule has 0 saturated carbocycles. The van der Waals surface area contributed by atoms with Crippen LogP contribution in [0.2, 0.25) is 0 Å². The lowest BCUT2D eigenvalue weighted by molar-refractivity contribution is -0.732. The molecule has 2 aliphatic heterocycles. The summed E-state index contributed by atoms with van der Waals surface area (Å²) in [6.07, 6.45) is 10.4. The lowest BCUT2D eigenvalue weighted by atomic mass is 9.54. The SMILES string of the molecule is COc1cccc2c1[C@H]1c3cccc[n+]3[C@@H]2CC1(c1ccoc1)c1ccoc1.[Cl-]. The minimum atomic E-state index is -0.270. The normalized spacial score (nSPS) is 20.4. The van der Waals surface area contributed by atoms with E-state index in [-0.39, 0.29) is 29.8 Å². The zero-order valence-electron chi connectivity index (χ0n) is 15.9. The van der Waals surface area contributed by atoms with Crippen LogP contribution in [0.5, 0.6) is 5.75 Å². The van der Waals surface area contributed by atoms with Gasteiger partial charge in [-0.1, -0.05) is 18.2 Å². The molecule has 5 heterocycles. The Morgan fingerprint density at radius 1 is 0.966 bits per heavy atom. The van der Waals surface area contributed by atoms with Gasteiger partial charge in [0, 0.05) is 40.8 Å². The minimum Gasteiger partial charge on any atom is -1.00 e. The Balaban J connectivity index is 0.00000181. The van der Waals surface area contributed by atoms with Crippen LogP contribution < -0.4 is 21.7 Å². The molecule has 3 aliphatic rings. The Morgan fingerprint density at radius 2 is 1.72 bits per heavy atom. The number of halogens is 1. The Hall–Kier alpha value is -2.98. The molecule has 2 bridgehead atoms. The highest BCUT2D eigenvalue weighted by molar-refractivity contribution is 5.58. The van der Waals surface area contributed by atoms with Crippen LogP contribution in [0, 0.1) is 0 Å². The van der Waals surface area contributed by atoms with Crippen molar-refractivity contribution in [1.82, 2.24) is 0 Å². The van der Waals surface area contributed by atoms with Gasteiger partial charge in [0.15, 0.2) is 17.9 Å². The van der Waals surface area contributed by atoms with Crippen LogP contribution in [-0.2, 0) is 5.41 Å². The summed E-state index contributed by atoms with van der Waals surface area (Å²) in [4.78, 5) is 0. The average Bonchev–Trinajstić information content (AvgIpc) is 3.48. The molecule has 1 aliphatic carbocycles. The van der Waals surface area contributed by atoms with E-state index in [0.29, 0.717) is 0 Å². The summed E-state index contributed by atoms with van der Waals surface area (Å²) in [6, 6.07) is 17.3. The summed E-state index contributed by atoms with van der Waals surface area (Å²) in [5.41, 5.74) is 5.99. The van der Waals surface area contributed by atoms with E-state index in [4.69, 9.17) is 13.6 Å². The van der Waals surface area contributed by atoms with E-state index in [2.05, 4.69) is 59.3 Å². The second-order valence-electron chi connectivity index (χ2n) is 7.64. The zero-order chi connectivity index (χ0) is 18.7. The van der Waals surface area contributed by atoms with Crippen molar-refractivity contribution < 1.29 is 30.5 Å². The molecule has 29 heavy (non-hydrogen) atoms. The van der Waals surface area contributed by atoms with Crippen LogP contribution >= 0.6 is 0 Å². The Morgan fingerprint density at radius 3 is 2.38 bits per heavy atom. The maximum absolute atomic E-state index is 5.85. The molecule has 0 N–H and O–H groups in total. The van der Waals surface area contributed by atoms with Crippen LogP contribution in [0.4, 0.5) is 0 Å². The number of ether oxygens (including phenoxy) is 1. The van der Waals surface area contributed by atoms with Gasteiger partial charge in [-0.05, 0) is 18.2 Å². The fraction of sp³-hybridized carbons (Fsp3) is 0.208. The van der Waals surface area contributed by atoms with Gasteiger partial charge in [0.05, 0.1) is 43.5 Å². The van der Waals surface area contributed by atoms with Crippen molar-refractivity contribution in [2.24, 2.45) is 0 Å². The maximum Gasteiger partial charge on any atom is 0.190 e. The third-order valence-corrected chi connectivity index (χ3v) is 6.60. The van der Waals surface area contributed by atoms with Gasteiger partial charge in [-0.25, -0.2) is 0 Å². The molecule has 4 aromatic rings. The number of furan rings is 2. The number of rotatable bonds is 3. The summed E-state index contributed by atoms with van der Waals surface area (Å²) in [5.74, 6) is 1.04. The van der Waals surface area contributed by atoms with Crippen LogP contribution in [0.3, 0.4) is 0 Å². The predicted octanol–water partition coefficient (Wildman–Crippen LogP) is 1.60. The number of methoxy groups -OCH3 is 1. The number of hydrogen-bond donors (Lipinski definition) is 0. The molecule has 3 aromatic heterocycles.